The van der Waals surface area contributed by atoms with Crippen LogP contribution >= 0.6 is 0 Å². The average molecular weight is 276 g/mol. The van der Waals surface area contributed by atoms with Crippen LogP contribution in [0.4, 0.5) is 5.69 Å². The average Bonchev–Trinajstić information content (AvgIpc) is 2.65. The van der Waals surface area contributed by atoms with Gasteiger partial charge in [0.2, 0.25) is 0 Å². The quantitative estimate of drug-likeness (QED) is 0.877. The molecule has 0 saturated carbocycles. The van der Waals surface area contributed by atoms with E-state index in [9.17, 15) is 9.90 Å². The molecule has 0 saturated heterocycles. The molecule has 0 amide bonds. The predicted molar refractivity (Wildman–Crippen MR) is 78.2 cm³/mol. The van der Waals surface area contributed by atoms with Gasteiger partial charge in [0.25, 0.3) is 0 Å². The van der Waals surface area contributed by atoms with E-state index in [1.165, 1.54) is 6.20 Å². The zero-order valence-corrected chi connectivity index (χ0v) is 12.3. The molecular weight excluding hydrogens is 256 g/mol. The van der Waals surface area contributed by atoms with E-state index in [1.54, 1.807) is 4.68 Å². The molecule has 0 aliphatic carbocycles. The molecule has 1 atom stereocenters. The molecule has 0 bridgehead atoms. The fraction of sp³-hybridized carbons (Fsp3) is 0.500. The second kappa shape index (κ2) is 5.48. The molecule has 2 aromatic rings. The van der Waals surface area contributed by atoms with Gasteiger partial charge in [0.15, 0.2) is 5.65 Å². The Balaban J connectivity index is 2.62. The van der Waals surface area contributed by atoms with E-state index in [0.29, 0.717) is 11.3 Å². The topological polar surface area (TPSA) is 80.0 Å². The van der Waals surface area contributed by atoms with Crippen LogP contribution in [0.1, 0.15) is 42.7 Å². The summed E-state index contributed by atoms with van der Waals surface area (Å²) in [5, 5.41) is 17.8. The van der Waals surface area contributed by atoms with Gasteiger partial charge in [-0.25, -0.2) is 9.78 Å². The molecule has 108 valence electrons. The minimum Gasteiger partial charge on any atom is -0.478 e. The highest BCUT2D eigenvalue weighted by Gasteiger charge is 2.20. The third-order valence-corrected chi connectivity index (χ3v) is 3.37. The van der Waals surface area contributed by atoms with Gasteiger partial charge in [-0.05, 0) is 20.3 Å². The molecule has 6 heteroatoms. The monoisotopic (exact) mass is 276 g/mol. The van der Waals surface area contributed by atoms with Crippen LogP contribution in [0.15, 0.2) is 6.20 Å². The van der Waals surface area contributed by atoms with Gasteiger partial charge in [-0.3, -0.25) is 4.68 Å². The highest BCUT2D eigenvalue weighted by atomic mass is 16.4. The first-order valence-corrected chi connectivity index (χ1v) is 6.77. The van der Waals surface area contributed by atoms with Crippen LogP contribution in [0, 0.1) is 6.92 Å². The number of carboxylic acids is 1. The summed E-state index contributed by atoms with van der Waals surface area (Å²) in [4.78, 5) is 15.6. The number of nitrogens with zero attached hydrogens (tertiary/aromatic N) is 3. The fourth-order valence-electron chi connectivity index (χ4n) is 2.48. The highest BCUT2D eigenvalue weighted by Crippen LogP contribution is 2.29. The number of nitrogens with one attached hydrogen (secondary N) is 1. The van der Waals surface area contributed by atoms with E-state index < -0.39 is 5.97 Å². The third kappa shape index (κ3) is 2.45. The molecule has 0 aliphatic rings. The van der Waals surface area contributed by atoms with Gasteiger partial charge in [-0.2, -0.15) is 5.10 Å². The van der Waals surface area contributed by atoms with Crippen molar-refractivity contribution in [1.82, 2.24) is 14.8 Å². The summed E-state index contributed by atoms with van der Waals surface area (Å²) in [6.07, 6.45) is 3.41. The third-order valence-electron chi connectivity index (χ3n) is 3.37. The molecule has 2 heterocycles. The normalized spacial score (nSPS) is 12.6. The lowest BCUT2D eigenvalue weighted by Gasteiger charge is -2.17. The molecule has 0 radical (unpaired) electrons. The van der Waals surface area contributed by atoms with Gasteiger partial charge in [0, 0.05) is 19.3 Å². The number of aromatic nitrogens is 3. The van der Waals surface area contributed by atoms with Gasteiger partial charge in [-0.1, -0.05) is 13.3 Å². The minimum absolute atomic E-state index is 0.191. The van der Waals surface area contributed by atoms with Gasteiger partial charge < -0.3 is 10.4 Å². The maximum atomic E-state index is 11.4. The summed E-state index contributed by atoms with van der Waals surface area (Å²) >= 11 is 0. The van der Waals surface area contributed by atoms with Crippen molar-refractivity contribution in [2.24, 2.45) is 7.05 Å². The largest absolute Gasteiger partial charge is 0.478 e. The summed E-state index contributed by atoms with van der Waals surface area (Å²) in [6.45, 7) is 6.02. The first-order chi connectivity index (χ1) is 9.45. The molecule has 2 rings (SSSR count). The molecule has 0 spiro atoms. The van der Waals surface area contributed by atoms with Gasteiger partial charge in [0.1, 0.15) is 5.56 Å². The van der Waals surface area contributed by atoms with Crippen LogP contribution in [0.2, 0.25) is 0 Å². The van der Waals surface area contributed by atoms with Crippen molar-refractivity contribution in [1.29, 1.82) is 0 Å². The van der Waals surface area contributed by atoms with Gasteiger partial charge in [0.05, 0.1) is 16.8 Å². The second-order valence-electron chi connectivity index (χ2n) is 5.09. The number of carbonyl (C=O) groups is 1. The fourth-order valence-corrected chi connectivity index (χ4v) is 2.48. The Kier molecular flexibility index (Phi) is 3.92. The van der Waals surface area contributed by atoms with Crippen LogP contribution < -0.4 is 5.32 Å². The number of pyridine rings is 1. The van der Waals surface area contributed by atoms with E-state index in [1.807, 2.05) is 20.9 Å². The Morgan fingerprint density at radius 2 is 2.25 bits per heavy atom. The highest BCUT2D eigenvalue weighted by molar-refractivity contribution is 6.04. The van der Waals surface area contributed by atoms with Gasteiger partial charge in [-0.15, -0.1) is 0 Å². The number of hydrogen-bond acceptors (Lipinski definition) is 4. The van der Waals surface area contributed by atoms with Crippen LogP contribution in [0.5, 0.6) is 0 Å². The lowest BCUT2D eigenvalue weighted by molar-refractivity contribution is 0.0697. The minimum atomic E-state index is -0.978. The number of rotatable bonds is 5. The first kappa shape index (κ1) is 14.3. The number of anilines is 1. The van der Waals surface area contributed by atoms with E-state index in [0.717, 1.165) is 23.9 Å². The molecule has 1 unspecified atom stereocenters. The maximum absolute atomic E-state index is 11.4. The summed E-state index contributed by atoms with van der Waals surface area (Å²) in [7, 11) is 1.81. The van der Waals surface area contributed by atoms with Crippen molar-refractivity contribution in [3.8, 4) is 0 Å². The summed E-state index contributed by atoms with van der Waals surface area (Å²) < 4.78 is 1.67. The molecule has 2 N–H and O–H groups in total. The van der Waals surface area contributed by atoms with Gasteiger partial charge >= 0.3 is 5.97 Å². The standard InChI is InChI=1S/C14H20N4O2/c1-5-6-8(2)16-12-10(14(19)20)7-15-13-11(12)9(3)17-18(13)4/h7-8H,5-6H2,1-4H3,(H,15,16)(H,19,20). The van der Waals surface area contributed by atoms with E-state index >= 15 is 0 Å². The second-order valence-corrected chi connectivity index (χ2v) is 5.09. The van der Waals surface area contributed by atoms with Crippen molar-refractivity contribution >= 4 is 22.7 Å². The molecule has 0 aliphatic heterocycles. The van der Waals surface area contributed by atoms with Crippen LogP contribution in [0.3, 0.4) is 0 Å². The van der Waals surface area contributed by atoms with E-state index in [4.69, 9.17) is 0 Å². The first-order valence-electron chi connectivity index (χ1n) is 6.77. The molecule has 0 fully saturated rings. The zero-order valence-electron chi connectivity index (χ0n) is 12.3. The van der Waals surface area contributed by atoms with E-state index in [-0.39, 0.29) is 11.6 Å². The van der Waals surface area contributed by atoms with Crippen LogP contribution in [-0.4, -0.2) is 31.9 Å². The molecule has 20 heavy (non-hydrogen) atoms. The predicted octanol–water partition coefficient (Wildman–Crippen LogP) is 2.58. The Hall–Kier alpha value is -2.11. The van der Waals surface area contributed by atoms with Crippen molar-refractivity contribution in [2.75, 3.05) is 5.32 Å². The number of carboxylic acid groups (broad SMARTS) is 1. The van der Waals surface area contributed by atoms with Crippen molar-refractivity contribution in [3.63, 3.8) is 0 Å². The Bertz CT molecular complexity index is 648. The van der Waals surface area contributed by atoms with Crippen LogP contribution in [0.25, 0.3) is 11.0 Å². The molecule has 0 aromatic carbocycles. The zero-order chi connectivity index (χ0) is 14.9. The molecule has 2 aromatic heterocycles. The SMILES string of the molecule is CCCC(C)Nc1c(C(=O)O)cnc2c1c(C)nn2C. The number of aryl methyl sites for hydroxylation is 2. The number of hydrogen-bond donors (Lipinski definition) is 2. The summed E-state index contributed by atoms with van der Waals surface area (Å²) in [6, 6.07) is 0.198. The maximum Gasteiger partial charge on any atom is 0.339 e. The molecule has 6 nitrogen and oxygen atoms in total. The lowest BCUT2D eigenvalue weighted by Crippen LogP contribution is -2.17. The van der Waals surface area contributed by atoms with Crippen molar-refractivity contribution < 1.29 is 9.90 Å². The Morgan fingerprint density at radius 3 is 2.85 bits per heavy atom. The molecular formula is C14H20N4O2. The number of fused-ring (bicyclic) bond motifs is 1. The van der Waals surface area contributed by atoms with Crippen molar-refractivity contribution in [3.05, 3.63) is 17.5 Å². The van der Waals surface area contributed by atoms with Crippen LogP contribution in [-0.2, 0) is 7.05 Å². The number of aromatic carboxylic acids is 1. The van der Waals surface area contributed by atoms with Crippen molar-refractivity contribution in [2.45, 2.75) is 39.7 Å². The Morgan fingerprint density at radius 1 is 1.55 bits per heavy atom. The summed E-state index contributed by atoms with van der Waals surface area (Å²) in [5.74, 6) is -0.978. The Labute approximate surface area is 117 Å². The lowest BCUT2D eigenvalue weighted by atomic mass is 10.1. The summed E-state index contributed by atoms with van der Waals surface area (Å²) in [5.41, 5.74) is 2.29. The smallest absolute Gasteiger partial charge is 0.339 e. The van der Waals surface area contributed by atoms with E-state index in [2.05, 4.69) is 22.3 Å².